The summed E-state index contributed by atoms with van der Waals surface area (Å²) in [7, 11) is 0. The van der Waals surface area contributed by atoms with Crippen molar-refractivity contribution in [1.29, 1.82) is 5.26 Å². The van der Waals surface area contributed by atoms with Gasteiger partial charge in [-0.05, 0) is 45.8 Å². The van der Waals surface area contributed by atoms with E-state index in [-0.39, 0.29) is 11.3 Å². The van der Waals surface area contributed by atoms with E-state index >= 15 is 0 Å². The van der Waals surface area contributed by atoms with E-state index in [1.807, 2.05) is 23.6 Å². The maximum absolute atomic E-state index is 11.2. The van der Waals surface area contributed by atoms with Gasteiger partial charge in [0, 0.05) is 10.9 Å². The van der Waals surface area contributed by atoms with Crippen molar-refractivity contribution in [1.82, 2.24) is 20.2 Å². The van der Waals surface area contributed by atoms with Gasteiger partial charge in [0.25, 0.3) is 5.69 Å². The summed E-state index contributed by atoms with van der Waals surface area (Å²) in [5, 5.41) is 33.9. The maximum Gasteiger partial charge on any atom is 0.284 e. The Morgan fingerprint density at radius 2 is 2.30 bits per heavy atom. The molecule has 23 heavy (non-hydrogen) atoms. The molecule has 114 valence electrons. The number of nitrogens with zero attached hydrogens (tertiary/aromatic N) is 6. The molecule has 3 aromatic rings. The second kappa shape index (κ2) is 6.55. The average molecular weight is 344 g/mol. The minimum atomic E-state index is -0.517. The lowest BCUT2D eigenvalue weighted by atomic mass is 10.2. The van der Waals surface area contributed by atoms with Gasteiger partial charge in [0.2, 0.25) is 5.16 Å². The highest BCUT2D eigenvalue weighted by atomic mass is 32.2. The molecule has 1 aromatic carbocycles. The first-order valence-electron chi connectivity index (χ1n) is 6.32. The zero-order chi connectivity index (χ0) is 16.2. The molecule has 0 aliphatic carbocycles. The van der Waals surface area contributed by atoms with Crippen LogP contribution in [0.5, 0.6) is 0 Å². The largest absolute Gasteiger partial charge is 0.284 e. The minimum absolute atomic E-state index is 0.139. The van der Waals surface area contributed by atoms with Crippen molar-refractivity contribution in [2.75, 3.05) is 0 Å². The van der Waals surface area contributed by atoms with E-state index in [4.69, 9.17) is 5.26 Å². The van der Waals surface area contributed by atoms with Crippen LogP contribution in [0, 0.1) is 21.4 Å². The van der Waals surface area contributed by atoms with E-state index in [1.54, 1.807) is 16.0 Å². The predicted octanol–water partition coefficient (Wildman–Crippen LogP) is 2.71. The third kappa shape index (κ3) is 3.36. The van der Waals surface area contributed by atoms with Crippen LogP contribution in [0.2, 0.25) is 0 Å². The van der Waals surface area contributed by atoms with Crippen LogP contribution in [-0.4, -0.2) is 25.1 Å². The Bertz CT molecular complexity index is 884. The van der Waals surface area contributed by atoms with Crippen molar-refractivity contribution in [2.24, 2.45) is 0 Å². The number of hydrogen-bond acceptors (Lipinski definition) is 8. The molecule has 10 heteroatoms. The molecule has 0 bridgehead atoms. The summed E-state index contributed by atoms with van der Waals surface area (Å²) in [4.78, 5) is 12.1. The summed E-state index contributed by atoms with van der Waals surface area (Å²) in [6, 6.07) is 10.1. The summed E-state index contributed by atoms with van der Waals surface area (Å²) in [5.41, 5.74) is 0.0963. The fraction of sp³-hybridized carbons (Fsp3) is 0.0769. The van der Waals surface area contributed by atoms with Crippen LogP contribution in [0.25, 0.3) is 0 Å². The van der Waals surface area contributed by atoms with Crippen molar-refractivity contribution in [3.05, 3.63) is 56.3 Å². The lowest BCUT2D eigenvalue weighted by Crippen LogP contribution is -2.02. The van der Waals surface area contributed by atoms with Crippen LogP contribution in [0.1, 0.15) is 10.4 Å². The third-order valence-corrected chi connectivity index (χ3v) is 4.77. The van der Waals surface area contributed by atoms with Gasteiger partial charge in [-0.15, -0.1) is 16.4 Å². The quantitative estimate of drug-likeness (QED) is 0.517. The first kappa shape index (κ1) is 15.1. The Morgan fingerprint density at radius 3 is 3.00 bits per heavy atom. The summed E-state index contributed by atoms with van der Waals surface area (Å²) in [5.74, 6) is 0. The van der Waals surface area contributed by atoms with Crippen molar-refractivity contribution < 1.29 is 4.92 Å². The molecule has 8 nitrogen and oxygen atoms in total. The van der Waals surface area contributed by atoms with Gasteiger partial charge in [-0.1, -0.05) is 6.07 Å². The maximum atomic E-state index is 11.2. The Morgan fingerprint density at radius 1 is 1.43 bits per heavy atom. The van der Waals surface area contributed by atoms with Crippen LogP contribution in [-0.2, 0) is 6.54 Å². The third-order valence-electron chi connectivity index (χ3n) is 2.87. The van der Waals surface area contributed by atoms with E-state index in [2.05, 4.69) is 15.5 Å². The topological polar surface area (TPSA) is 111 Å². The first-order valence-corrected chi connectivity index (χ1v) is 8.02. The zero-order valence-corrected chi connectivity index (χ0v) is 13.1. The monoisotopic (exact) mass is 344 g/mol. The highest BCUT2D eigenvalue weighted by molar-refractivity contribution is 7.99. The fourth-order valence-electron chi connectivity index (χ4n) is 1.83. The number of aromatic nitrogens is 4. The lowest BCUT2D eigenvalue weighted by molar-refractivity contribution is -0.387. The van der Waals surface area contributed by atoms with Gasteiger partial charge in [0.05, 0.1) is 28.0 Å². The number of thiophene rings is 1. The van der Waals surface area contributed by atoms with Gasteiger partial charge in [-0.25, -0.2) is 4.68 Å². The number of nitro benzene ring substituents is 1. The summed E-state index contributed by atoms with van der Waals surface area (Å²) in [6.07, 6.45) is 0. The molecule has 0 spiro atoms. The molecule has 0 unspecified atom stereocenters. The Kier molecular flexibility index (Phi) is 4.31. The van der Waals surface area contributed by atoms with E-state index in [0.717, 1.165) is 16.6 Å². The molecule has 0 N–H and O–H groups in total. The molecule has 0 atom stereocenters. The van der Waals surface area contributed by atoms with Gasteiger partial charge in [0.1, 0.15) is 0 Å². The average Bonchev–Trinajstić information content (AvgIpc) is 3.20. The molecule has 0 amide bonds. The smallest absolute Gasteiger partial charge is 0.258 e. The number of nitriles is 1. The Labute approximate surface area is 138 Å². The van der Waals surface area contributed by atoms with Crippen molar-refractivity contribution >= 4 is 28.8 Å². The second-order valence-corrected chi connectivity index (χ2v) is 6.39. The lowest BCUT2D eigenvalue weighted by Gasteiger charge is -2.04. The first-order chi connectivity index (χ1) is 11.2. The molecular formula is C13H8N6O2S2. The summed E-state index contributed by atoms with van der Waals surface area (Å²) < 4.78 is 1.58. The Balaban J connectivity index is 1.90. The van der Waals surface area contributed by atoms with Gasteiger partial charge in [-0.2, -0.15) is 5.26 Å². The zero-order valence-electron chi connectivity index (χ0n) is 11.5. The fourth-order valence-corrected chi connectivity index (χ4v) is 3.37. The van der Waals surface area contributed by atoms with Crippen molar-refractivity contribution in [2.45, 2.75) is 16.6 Å². The number of nitro groups is 1. The molecule has 0 aliphatic heterocycles. The van der Waals surface area contributed by atoms with Gasteiger partial charge >= 0.3 is 0 Å². The van der Waals surface area contributed by atoms with Crippen LogP contribution in [0.15, 0.2) is 45.8 Å². The predicted molar refractivity (Wildman–Crippen MR) is 83.2 cm³/mol. The molecule has 0 aliphatic rings. The van der Waals surface area contributed by atoms with Crippen molar-refractivity contribution in [3.8, 4) is 6.07 Å². The summed E-state index contributed by atoms with van der Waals surface area (Å²) >= 11 is 2.68. The van der Waals surface area contributed by atoms with Crippen LogP contribution >= 0.6 is 23.1 Å². The standard InChI is InChI=1S/C13H8N6O2S2/c14-7-9-3-4-12(11(6-9)19(20)21)23-13-15-16-17-18(13)8-10-2-1-5-22-10/h1-6H,8H2. The second-order valence-electron chi connectivity index (χ2n) is 4.35. The van der Waals surface area contributed by atoms with E-state index in [9.17, 15) is 10.1 Å². The molecule has 0 fully saturated rings. The minimum Gasteiger partial charge on any atom is -0.258 e. The van der Waals surface area contributed by atoms with E-state index < -0.39 is 4.92 Å². The molecule has 0 radical (unpaired) electrons. The normalized spacial score (nSPS) is 10.4. The van der Waals surface area contributed by atoms with Gasteiger partial charge in [-0.3, -0.25) is 10.1 Å². The molecule has 0 saturated heterocycles. The van der Waals surface area contributed by atoms with Gasteiger partial charge < -0.3 is 0 Å². The molecule has 2 heterocycles. The van der Waals surface area contributed by atoms with Crippen molar-refractivity contribution in [3.63, 3.8) is 0 Å². The number of tetrazole rings is 1. The van der Waals surface area contributed by atoms with E-state index in [0.29, 0.717) is 16.6 Å². The van der Waals surface area contributed by atoms with Crippen LogP contribution in [0.4, 0.5) is 5.69 Å². The Hall–Kier alpha value is -2.77. The van der Waals surface area contributed by atoms with E-state index in [1.165, 1.54) is 18.2 Å². The number of benzene rings is 1. The molecule has 3 rings (SSSR count). The summed E-state index contributed by atoms with van der Waals surface area (Å²) in [6.45, 7) is 0.497. The van der Waals surface area contributed by atoms with Crippen LogP contribution < -0.4 is 0 Å². The van der Waals surface area contributed by atoms with Crippen LogP contribution in [0.3, 0.4) is 0 Å². The number of hydrogen-bond donors (Lipinski definition) is 0. The molecule has 0 saturated carbocycles. The SMILES string of the molecule is N#Cc1ccc(Sc2nnnn2Cc2cccs2)c([N+](=O)[O-])c1. The van der Waals surface area contributed by atoms with Gasteiger partial charge in [0.15, 0.2) is 0 Å². The highest BCUT2D eigenvalue weighted by Crippen LogP contribution is 2.34. The molecule has 2 aromatic heterocycles. The molecular weight excluding hydrogens is 336 g/mol. The highest BCUT2D eigenvalue weighted by Gasteiger charge is 2.19. The number of rotatable bonds is 5.